The van der Waals surface area contributed by atoms with E-state index in [4.69, 9.17) is 11.6 Å². The number of halogens is 1. The minimum absolute atomic E-state index is 0.00531. The molecular formula is C20H14ClN3O. The number of para-hydroxylation sites is 2. The minimum atomic E-state index is -0.497. The molecule has 1 aromatic heterocycles. The number of carbonyl (C=O) groups excluding carboxylic acids is 1. The lowest BCUT2D eigenvalue weighted by Crippen LogP contribution is -2.13. The lowest BCUT2D eigenvalue weighted by molar-refractivity contribution is -0.112. The number of hydrogen-bond donors (Lipinski definition) is 1. The van der Waals surface area contributed by atoms with Gasteiger partial charge in [0.2, 0.25) is 0 Å². The van der Waals surface area contributed by atoms with E-state index in [-0.39, 0.29) is 5.57 Å². The Morgan fingerprint density at radius 1 is 1.08 bits per heavy atom. The number of carbonyl (C=O) groups is 1. The second-order valence-corrected chi connectivity index (χ2v) is 5.70. The molecule has 0 aliphatic rings. The molecule has 0 spiro atoms. The van der Waals surface area contributed by atoms with Crippen LogP contribution >= 0.6 is 11.6 Å². The summed E-state index contributed by atoms with van der Waals surface area (Å²) in [6.07, 6.45) is 5.28. The van der Waals surface area contributed by atoms with Crippen LogP contribution in [0.1, 0.15) is 5.56 Å². The van der Waals surface area contributed by atoms with Crippen LogP contribution < -0.4 is 5.32 Å². The maximum absolute atomic E-state index is 12.3. The molecule has 0 radical (unpaired) electrons. The number of benzene rings is 2. The van der Waals surface area contributed by atoms with Gasteiger partial charge in [-0.05, 0) is 42.0 Å². The average Bonchev–Trinajstić information content (AvgIpc) is 3.11. The van der Waals surface area contributed by atoms with Crippen LogP contribution in [-0.4, -0.2) is 10.5 Å². The molecule has 1 amide bonds. The molecule has 3 aromatic rings. The normalized spacial score (nSPS) is 11.0. The van der Waals surface area contributed by atoms with Gasteiger partial charge in [0.25, 0.3) is 5.91 Å². The molecule has 2 aromatic carbocycles. The van der Waals surface area contributed by atoms with E-state index >= 15 is 0 Å². The number of nitrogens with one attached hydrogen (secondary N) is 1. The predicted octanol–water partition coefficient (Wildman–Crippen LogP) is 4.68. The molecule has 0 aliphatic carbocycles. The first-order chi connectivity index (χ1) is 12.2. The molecule has 4 nitrogen and oxygen atoms in total. The van der Waals surface area contributed by atoms with Gasteiger partial charge in [0.05, 0.1) is 10.7 Å². The summed E-state index contributed by atoms with van der Waals surface area (Å²) >= 11 is 6.03. The first kappa shape index (κ1) is 16.6. The number of rotatable bonds is 4. The first-order valence-electron chi connectivity index (χ1n) is 7.58. The van der Waals surface area contributed by atoms with Gasteiger partial charge in [0.1, 0.15) is 11.6 Å². The van der Waals surface area contributed by atoms with Crippen molar-refractivity contribution in [1.29, 1.82) is 5.26 Å². The van der Waals surface area contributed by atoms with E-state index in [2.05, 4.69) is 5.32 Å². The Hall–Kier alpha value is -3.29. The van der Waals surface area contributed by atoms with E-state index < -0.39 is 5.91 Å². The van der Waals surface area contributed by atoms with E-state index in [1.165, 1.54) is 0 Å². The summed E-state index contributed by atoms with van der Waals surface area (Å²) in [6.45, 7) is 0. The molecule has 0 unspecified atom stereocenters. The van der Waals surface area contributed by atoms with Crippen LogP contribution in [0.4, 0.5) is 5.69 Å². The van der Waals surface area contributed by atoms with Crippen molar-refractivity contribution in [2.24, 2.45) is 0 Å². The summed E-state index contributed by atoms with van der Waals surface area (Å²) in [5, 5.41) is 12.4. The second kappa shape index (κ2) is 7.52. The van der Waals surface area contributed by atoms with Crippen molar-refractivity contribution in [3.8, 4) is 11.8 Å². The van der Waals surface area contributed by atoms with Crippen molar-refractivity contribution in [3.63, 3.8) is 0 Å². The van der Waals surface area contributed by atoms with Crippen molar-refractivity contribution in [1.82, 2.24) is 4.57 Å². The molecular weight excluding hydrogens is 334 g/mol. The lowest BCUT2D eigenvalue weighted by Gasteiger charge is -2.05. The highest BCUT2D eigenvalue weighted by Crippen LogP contribution is 2.21. The maximum Gasteiger partial charge on any atom is 0.266 e. The monoisotopic (exact) mass is 347 g/mol. The number of anilines is 1. The van der Waals surface area contributed by atoms with Gasteiger partial charge in [-0.2, -0.15) is 5.26 Å². The molecule has 5 heteroatoms. The number of nitriles is 1. The third-order valence-corrected chi connectivity index (χ3v) is 3.90. The largest absolute Gasteiger partial charge is 0.323 e. The molecule has 3 rings (SSSR count). The fourth-order valence-electron chi connectivity index (χ4n) is 2.33. The Morgan fingerprint density at radius 3 is 2.52 bits per heavy atom. The zero-order valence-electron chi connectivity index (χ0n) is 13.2. The van der Waals surface area contributed by atoms with Crippen LogP contribution in [0, 0.1) is 11.3 Å². The summed E-state index contributed by atoms with van der Waals surface area (Å²) in [5.41, 5.74) is 2.23. The summed E-state index contributed by atoms with van der Waals surface area (Å²) in [5.74, 6) is -0.497. The minimum Gasteiger partial charge on any atom is -0.323 e. The molecule has 1 N–H and O–H groups in total. The van der Waals surface area contributed by atoms with Gasteiger partial charge in [0, 0.05) is 18.1 Å². The highest BCUT2D eigenvalue weighted by molar-refractivity contribution is 6.34. The van der Waals surface area contributed by atoms with Crippen molar-refractivity contribution in [2.75, 3.05) is 5.32 Å². The van der Waals surface area contributed by atoms with E-state index in [1.807, 2.05) is 59.4 Å². The molecule has 0 atom stereocenters. The second-order valence-electron chi connectivity index (χ2n) is 5.29. The van der Waals surface area contributed by atoms with Crippen molar-refractivity contribution in [2.45, 2.75) is 0 Å². The highest BCUT2D eigenvalue weighted by Gasteiger charge is 2.11. The Labute approximate surface area is 150 Å². The van der Waals surface area contributed by atoms with E-state index in [0.29, 0.717) is 10.7 Å². The van der Waals surface area contributed by atoms with Crippen LogP contribution in [-0.2, 0) is 4.79 Å². The molecule has 0 fully saturated rings. The molecule has 122 valence electrons. The van der Waals surface area contributed by atoms with Crippen LogP contribution in [0.3, 0.4) is 0 Å². The van der Waals surface area contributed by atoms with E-state index in [0.717, 1.165) is 11.3 Å². The zero-order valence-corrected chi connectivity index (χ0v) is 13.9. The summed E-state index contributed by atoms with van der Waals surface area (Å²) in [7, 11) is 0. The first-order valence-corrected chi connectivity index (χ1v) is 7.96. The third kappa shape index (κ3) is 3.97. The smallest absolute Gasteiger partial charge is 0.266 e. The number of amides is 1. The topological polar surface area (TPSA) is 57.8 Å². The molecule has 25 heavy (non-hydrogen) atoms. The van der Waals surface area contributed by atoms with Gasteiger partial charge >= 0.3 is 0 Å². The number of aromatic nitrogens is 1. The van der Waals surface area contributed by atoms with Crippen LogP contribution in [0.25, 0.3) is 11.8 Å². The Morgan fingerprint density at radius 2 is 1.80 bits per heavy atom. The van der Waals surface area contributed by atoms with Crippen LogP contribution in [0.5, 0.6) is 0 Å². The van der Waals surface area contributed by atoms with Gasteiger partial charge in [-0.25, -0.2) is 0 Å². The Balaban J connectivity index is 1.81. The Bertz CT molecular complexity index is 968. The van der Waals surface area contributed by atoms with Gasteiger partial charge in [0.15, 0.2) is 0 Å². The van der Waals surface area contributed by atoms with Crippen molar-refractivity contribution in [3.05, 3.63) is 89.2 Å². The SMILES string of the molecule is N#C/C(=C\c1ccn(-c2ccccc2)c1)C(=O)Nc1ccccc1Cl. The molecule has 0 aliphatic heterocycles. The van der Waals surface area contributed by atoms with Gasteiger partial charge in [-0.1, -0.05) is 41.9 Å². The number of nitrogens with zero attached hydrogens (tertiary/aromatic N) is 2. The summed E-state index contributed by atoms with van der Waals surface area (Å²) in [6, 6.07) is 20.5. The molecule has 0 saturated heterocycles. The molecule has 0 bridgehead atoms. The summed E-state index contributed by atoms with van der Waals surface area (Å²) in [4.78, 5) is 12.3. The maximum atomic E-state index is 12.3. The van der Waals surface area contributed by atoms with Crippen LogP contribution in [0.2, 0.25) is 5.02 Å². The summed E-state index contributed by atoms with van der Waals surface area (Å²) < 4.78 is 1.92. The van der Waals surface area contributed by atoms with Crippen molar-refractivity contribution >= 4 is 29.3 Å². The third-order valence-electron chi connectivity index (χ3n) is 3.57. The van der Waals surface area contributed by atoms with Crippen molar-refractivity contribution < 1.29 is 4.79 Å². The fourth-order valence-corrected chi connectivity index (χ4v) is 2.51. The van der Waals surface area contributed by atoms with E-state index in [1.54, 1.807) is 30.3 Å². The fraction of sp³-hybridized carbons (Fsp3) is 0. The van der Waals surface area contributed by atoms with Gasteiger partial charge in [-0.3, -0.25) is 4.79 Å². The Kier molecular flexibility index (Phi) is 4.98. The zero-order chi connectivity index (χ0) is 17.6. The molecule has 1 heterocycles. The lowest BCUT2D eigenvalue weighted by atomic mass is 10.2. The van der Waals surface area contributed by atoms with Gasteiger partial charge < -0.3 is 9.88 Å². The number of hydrogen-bond acceptors (Lipinski definition) is 2. The van der Waals surface area contributed by atoms with Crippen LogP contribution in [0.15, 0.2) is 78.6 Å². The highest BCUT2D eigenvalue weighted by atomic mass is 35.5. The standard InChI is InChI=1S/C20H14ClN3O/c21-18-8-4-5-9-19(18)23-20(25)16(13-22)12-15-10-11-24(14-15)17-6-2-1-3-7-17/h1-12,14H,(H,23,25)/b16-12+. The average molecular weight is 348 g/mol. The van der Waals surface area contributed by atoms with Gasteiger partial charge in [-0.15, -0.1) is 0 Å². The molecule has 0 saturated carbocycles. The van der Waals surface area contributed by atoms with E-state index in [9.17, 15) is 10.1 Å². The predicted molar refractivity (Wildman–Crippen MR) is 99.4 cm³/mol. The quantitative estimate of drug-likeness (QED) is 0.550.